The lowest BCUT2D eigenvalue weighted by molar-refractivity contribution is 0.941. The second-order valence-electron chi connectivity index (χ2n) is 2.34. The van der Waals surface area contributed by atoms with Crippen molar-refractivity contribution in [2.75, 3.05) is 0 Å². The molecule has 0 aliphatic carbocycles. The van der Waals surface area contributed by atoms with E-state index in [2.05, 4.69) is 20.4 Å². The molecule has 2 aromatic rings. The first kappa shape index (κ1) is 8.47. The Hall–Kier alpha value is -1.13. The Balaban J connectivity index is 2.49. The van der Waals surface area contributed by atoms with Crippen molar-refractivity contribution in [1.29, 1.82) is 0 Å². The molecule has 2 rings (SSSR count). The smallest absolute Gasteiger partial charge is 0.131 e. The van der Waals surface area contributed by atoms with Gasteiger partial charge in [-0.1, -0.05) is 28.4 Å². The number of hydrogen-bond donors (Lipinski definition) is 1. The first-order chi connectivity index (χ1) is 6.27. The van der Waals surface area contributed by atoms with Crippen LogP contribution in [0, 0.1) is 0 Å². The van der Waals surface area contributed by atoms with Gasteiger partial charge in [0.1, 0.15) is 5.69 Å². The minimum Gasteiger partial charge on any atom is -0.265 e. The van der Waals surface area contributed by atoms with Crippen LogP contribution in [0.4, 0.5) is 0 Å². The zero-order valence-electron chi connectivity index (χ0n) is 6.33. The van der Waals surface area contributed by atoms with E-state index in [1.807, 2.05) is 0 Å². The number of nitrogens with one attached hydrogen (secondary N) is 1. The summed E-state index contributed by atoms with van der Waals surface area (Å²) in [5.41, 5.74) is 1.28. The van der Waals surface area contributed by atoms with Gasteiger partial charge in [-0.25, -0.2) is 0 Å². The molecular formula is C7H4Cl2N4. The molecule has 0 saturated carbocycles. The van der Waals surface area contributed by atoms with E-state index in [-0.39, 0.29) is 0 Å². The van der Waals surface area contributed by atoms with Crippen LogP contribution in [0.1, 0.15) is 0 Å². The van der Waals surface area contributed by atoms with E-state index in [0.29, 0.717) is 21.4 Å². The van der Waals surface area contributed by atoms with Crippen LogP contribution >= 0.6 is 23.2 Å². The molecular weight excluding hydrogens is 211 g/mol. The average Bonchev–Trinajstić information content (AvgIpc) is 2.62. The summed E-state index contributed by atoms with van der Waals surface area (Å²) in [7, 11) is 0. The Morgan fingerprint density at radius 2 is 2.00 bits per heavy atom. The lowest BCUT2D eigenvalue weighted by atomic mass is 10.3. The van der Waals surface area contributed by atoms with Crippen molar-refractivity contribution in [3.8, 4) is 11.4 Å². The predicted octanol–water partition coefficient (Wildman–Crippen LogP) is 2.17. The zero-order chi connectivity index (χ0) is 9.26. The van der Waals surface area contributed by atoms with E-state index in [0.717, 1.165) is 0 Å². The number of aromatic amines is 1. The number of H-pyrrole nitrogens is 1. The van der Waals surface area contributed by atoms with Crippen molar-refractivity contribution < 1.29 is 0 Å². The summed E-state index contributed by atoms with van der Waals surface area (Å²) in [4.78, 5) is 4.04. The van der Waals surface area contributed by atoms with Gasteiger partial charge in [-0.15, -0.1) is 5.10 Å². The Morgan fingerprint density at radius 1 is 1.15 bits per heavy atom. The van der Waals surface area contributed by atoms with Gasteiger partial charge in [-0.3, -0.25) is 10.1 Å². The van der Waals surface area contributed by atoms with Crippen LogP contribution in [-0.2, 0) is 0 Å². The van der Waals surface area contributed by atoms with E-state index in [1.165, 1.54) is 6.20 Å². The molecule has 4 nitrogen and oxygen atoms in total. The number of aromatic nitrogens is 4. The molecule has 0 amide bonds. The largest absolute Gasteiger partial charge is 0.265 e. The number of pyridine rings is 1. The molecule has 66 valence electrons. The van der Waals surface area contributed by atoms with Crippen LogP contribution in [0.15, 0.2) is 18.5 Å². The molecule has 0 spiro atoms. The van der Waals surface area contributed by atoms with Crippen LogP contribution in [0.2, 0.25) is 10.0 Å². The molecule has 0 fully saturated rings. The third-order valence-corrected chi connectivity index (χ3v) is 2.20. The predicted molar refractivity (Wildman–Crippen MR) is 49.6 cm³/mol. The maximum absolute atomic E-state index is 5.80. The second kappa shape index (κ2) is 3.32. The second-order valence-corrected chi connectivity index (χ2v) is 3.16. The molecule has 0 unspecified atom stereocenters. The fourth-order valence-corrected chi connectivity index (χ4v) is 1.14. The van der Waals surface area contributed by atoms with Gasteiger partial charge in [0, 0.05) is 6.20 Å². The molecule has 2 heterocycles. The Kier molecular flexibility index (Phi) is 2.16. The Labute approximate surface area is 83.9 Å². The van der Waals surface area contributed by atoms with Crippen molar-refractivity contribution >= 4 is 23.2 Å². The summed E-state index contributed by atoms with van der Waals surface area (Å²) >= 11 is 11.5. The highest BCUT2D eigenvalue weighted by atomic mass is 35.5. The molecule has 13 heavy (non-hydrogen) atoms. The Bertz CT molecular complexity index is 412. The minimum absolute atomic E-state index is 0.425. The topological polar surface area (TPSA) is 54.5 Å². The van der Waals surface area contributed by atoms with Gasteiger partial charge in [0.15, 0.2) is 0 Å². The van der Waals surface area contributed by atoms with Crippen molar-refractivity contribution in [2.45, 2.75) is 0 Å². The van der Waals surface area contributed by atoms with Gasteiger partial charge in [0.25, 0.3) is 0 Å². The first-order valence-electron chi connectivity index (χ1n) is 3.45. The van der Waals surface area contributed by atoms with Gasteiger partial charge in [0.2, 0.25) is 0 Å². The summed E-state index contributed by atoms with van der Waals surface area (Å²) in [5, 5.41) is 10.8. The summed E-state index contributed by atoms with van der Waals surface area (Å²) in [6.07, 6.45) is 3.11. The maximum Gasteiger partial charge on any atom is 0.131 e. The third kappa shape index (κ3) is 1.64. The highest BCUT2D eigenvalue weighted by molar-refractivity contribution is 6.42. The normalized spacial score (nSPS) is 10.3. The van der Waals surface area contributed by atoms with Gasteiger partial charge >= 0.3 is 0 Å². The van der Waals surface area contributed by atoms with E-state index in [4.69, 9.17) is 23.2 Å². The summed E-state index contributed by atoms with van der Waals surface area (Å²) in [5.74, 6) is 0. The molecule has 6 heteroatoms. The number of halogens is 2. The van der Waals surface area contributed by atoms with Crippen LogP contribution < -0.4 is 0 Å². The summed E-state index contributed by atoms with van der Waals surface area (Å²) in [6.45, 7) is 0. The summed E-state index contributed by atoms with van der Waals surface area (Å²) < 4.78 is 0. The number of rotatable bonds is 1. The summed E-state index contributed by atoms with van der Waals surface area (Å²) in [6, 6.07) is 1.64. The standard InChI is InChI=1S/C7H4Cl2N4/c8-4-1-6(10-2-5(4)9)7-3-11-13-12-7/h1-3H,(H,11,12,13). The van der Waals surface area contributed by atoms with E-state index in [9.17, 15) is 0 Å². The van der Waals surface area contributed by atoms with Gasteiger partial charge in [-0.2, -0.15) is 0 Å². The SMILES string of the molecule is Clc1cnc(-c2c[nH]nn2)cc1Cl. The van der Waals surface area contributed by atoms with Crippen LogP contribution in [0.5, 0.6) is 0 Å². The fraction of sp³-hybridized carbons (Fsp3) is 0. The monoisotopic (exact) mass is 214 g/mol. The van der Waals surface area contributed by atoms with E-state index in [1.54, 1.807) is 12.3 Å². The van der Waals surface area contributed by atoms with Crippen molar-refractivity contribution in [1.82, 2.24) is 20.4 Å². The molecule has 0 saturated heterocycles. The molecule has 0 bridgehead atoms. The quantitative estimate of drug-likeness (QED) is 0.792. The maximum atomic E-state index is 5.80. The Morgan fingerprint density at radius 3 is 2.62 bits per heavy atom. The van der Waals surface area contributed by atoms with Crippen molar-refractivity contribution in [3.63, 3.8) is 0 Å². The average molecular weight is 215 g/mol. The highest BCUT2D eigenvalue weighted by Gasteiger charge is 2.05. The minimum atomic E-state index is 0.425. The zero-order valence-corrected chi connectivity index (χ0v) is 7.84. The fourth-order valence-electron chi connectivity index (χ4n) is 0.881. The lowest BCUT2D eigenvalue weighted by Crippen LogP contribution is -1.83. The van der Waals surface area contributed by atoms with Gasteiger partial charge in [-0.05, 0) is 6.07 Å². The van der Waals surface area contributed by atoms with Crippen molar-refractivity contribution in [3.05, 3.63) is 28.5 Å². The van der Waals surface area contributed by atoms with Crippen LogP contribution in [-0.4, -0.2) is 20.4 Å². The molecule has 0 atom stereocenters. The molecule has 0 aliphatic rings. The molecule has 0 aliphatic heterocycles. The van der Waals surface area contributed by atoms with Gasteiger partial charge in [0.05, 0.1) is 21.9 Å². The molecule has 1 N–H and O–H groups in total. The first-order valence-corrected chi connectivity index (χ1v) is 4.21. The van der Waals surface area contributed by atoms with Crippen LogP contribution in [0.3, 0.4) is 0 Å². The highest BCUT2D eigenvalue weighted by Crippen LogP contribution is 2.24. The lowest BCUT2D eigenvalue weighted by Gasteiger charge is -1.96. The van der Waals surface area contributed by atoms with Gasteiger partial charge < -0.3 is 0 Å². The van der Waals surface area contributed by atoms with Crippen LogP contribution in [0.25, 0.3) is 11.4 Å². The molecule has 0 aromatic carbocycles. The number of hydrogen-bond acceptors (Lipinski definition) is 3. The van der Waals surface area contributed by atoms with E-state index >= 15 is 0 Å². The molecule has 0 radical (unpaired) electrons. The molecule has 2 aromatic heterocycles. The van der Waals surface area contributed by atoms with Crippen molar-refractivity contribution in [2.24, 2.45) is 0 Å². The number of nitrogens with zero attached hydrogens (tertiary/aromatic N) is 3. The third-order valence-electron chi connectivity index (χ3n) is 1.49. The van der Waals surface area contributed by atoms with E-state index < -0.39 is 0 Å².